The molecule has 0 radical (unpaired) electrons. The zero-order chi connectivity index (χ0) is 10.8. The van der Waals surface area contributed by atoms with E-state index in [4.69, 9.17) is 4.74 Å². The van der Waals surface area contributed by atoms with Gasteiger partial charge in [-0.2, -0.15) is 0 Å². The summed E-state index contributed by atoms with van der Waals surface area (Å²) in [7, 11) is 1.44. The van der Waals surface area contributed by atoms with E-state index >= 15 is 0 Å². The number of methoxy groups -OCH3 is 1. The largest absolute Gasteiger partial charge is 0.469 e. The van der Waals surface area contributed by atoms with Crippen LogP contribution in [0.3, 0.4) is 0 Å². The molecule has 2 nitrogen and oxygen atoms in total. The number of carbonyl (C=O) groups is 1. The van der Waals surface area contributed by atoms with Gasteiger partial charge in [0.25, 0.3) is 0 Å². The third-order valence-corrected chi connectivity index (χ3v) is 2.93. The lowest BCUT2D eigenvalue weighted by molar-refractivity contribution is -0.145. The average Bonchev–Trinajstić information content (AvgIpc) is 2.70. The van der Waals surface area contributed by atoms with Crippen molar-refractivity contribution in [2.24, 2.45) is 5.92 Å². The lowest BCUT2D eigenvalue weighted by atomic mass is 10.1. The topological polar surface area (TPSA) is 26.3 Å². The van der Waals surface area contributed by atoms with Crippen LogP contribution >= 0.6 is 0 Å². The van der Waals surface area contributed by atoms with Gasteiger partial charge >= 0.3 is 5.97 Å². The van der Waals surface area contributed by atoms with Crippen molar-refractivity contribution >= 4 is 12.0 Å². The molecule has 0 saturated heterocycles. The second-order valence-corrected chi connectivity index (χ2v) is 3.86. The Hall–Kier alpha value is -1.57. The van der Waals surface area contributed by atoms with Crippen molar-refractivity contribution in [1.82, 2.24) is 0 Å². The molecule has 1 aromatic rings. The van der Waals surface area contributed by atoms with E-state index in [1.807, 2.05) is 12.1 Å². The fourth-order valence-corrected chi connectivity index (χ4v) is 2.10. The van der Waals surface area contributed by atoms with E-state index in [0.717, 1.165) is 18.4 Å². The van der Waals surface area contributed by atoms with Gasteiger partial charge in [0.15, 0.2) is 0 Å². The van der Waals surface area contributed by atoms with Gasteiger partial charge < -0.3 is 4.74 Å². The SMILES string of the molecule is C=Cc1ccc2c(c1)CC(C(=O)OC)C2. The zero-order valence-electron chi connectivity index (χ0n) is 8.82. The van der Waals surface area contributed by atoms with E-state index in [2.05, 4.69) is 18.7 Å². The smallest absolute Gasteiger partial charge is 0.309 e. The van der Waals surface area contributed by atoms with Crippen LogP contribution in [0.15, 0.2) is 24.8 Å². The normalized spacial score (nSPS) is 18.3. The van der Waals surface area contributed by atoms with E-state index < -0.39 is 0 Å². The summed E-state index contributed by atoms with van der Waals surface area (Å²) in [6, 6.07) is 6.21. The van der Waals surface area contributed by atoms with Crippen LogP contribution in [-0.4, -0.2) is 13.1 Å². The predicted octanol–water partition coefficient (Wildman–Crippen LogP) is 2.22. The molecule has 0 spiro atoms. The van der Waals surface area contributed by atoms with Gasteiger partial charge in [0.2, 0.25) is 0 Å². The Bertz CT molecular complexity index is 407. The van der Waals surface area contributed by atoms with E-state index in [1.54, 1.807) is 0 Å². The van der Waals surface area contributed by atoms with Gasteiger partial charge in [-0.15, -0.1) is 0 Å². The van der Waals surface area contributed by atoms with Crippen molar-refractivity contribution in [3.05, 3.63) is 41.5 Å². The van der Waals surface area contributed by atoms with E-state index in [-0.39, 0.29) is 11.9 Å². The molecule has 1 aliphatic rings. The lowest BCUT2D eigenvalue weighted by Crippen LogP contribution is -2.15. The first kappa shape index (κ1) is 9.97. The number of benzene rings is 1. The summed E-state index contributed by atoms with van der Waals surface area (Å²) in [5, 5.41) is 0. The van der Waals surface area contributed by atoms with Gasteiger partial charge in [0.05, 0.1) is 13.0 Å². The zero-order valence-corrected chi connectivity index (χ0v) is 8.82. The molecule has 0 heterocycles. The first-order valence-electron chi connectivity index (χ1n) is 5.06. The molecule has 0 N–H and O–H groups in total. The lowest BCUT2D eigenvalue weighted by Gasteiger charge is -2.04. The Kier molecular flexibility index (Phi) is 2.58. The van der Waals surface area contributed by atoms with Crippen molar-refractivity contribution in [2.75, 3.05) is 7.11 Å². The quantitative estimate of drug-likeness (QED) is 0.687. The summed E-state index contributed by atoms with van der Waals surface area (Å²) >= 11 is 0. The fraction of sp³-hybridized carbons (Fsp3) is 0.308. The van der Waals surface area contributed by atoms with Crippen LogP contribution in [-0.2, 0) is 22.4 Å². The van der Waals surface area contributed by atoms with Crippen LogP contribution in [0.25, 0.3) is 6.08 Å². The third kappa shape index (κ3) is 1.80. The summed E-state index contributed by atoms with van der Waals surface area (Å²) in [5.41, 5.74) is 3.62. The second kappa shape index (κ2) is 3.89. The van der Waals surface area contributed by atoms with Crippen molar-refractivity contribution in [2.45, 2.75) is 12.8 Å². The van der Waals surface area contributed by atoms with Gasteiger partial charge in [0.1, 0.15) is 0 Å². The molecule has 0 aliphatic heterocycles. The van der Waals surface area contributed by atoms with Crippen LogP contribution in [0.1, 0.15) is 16.7 Å². The second-order valence-electron chi connectivity index (χ2n) is 3.86. The number of hydrogen-bond donors (Lipinski definition) is 0. The molecule has 0 fully saturated rings. The van der Waals surface area contributed by atoms with Crippen molar-refractivity contribution < 1.29 is 9.53 Å². The molecule has 0 amide bonds. The molecule has 0 aromatic heterocycles. The molecule has 1 aliphatic carbocycles. The Morgan fingerprint density at radius 1 is 1.47 bits per heavy atom. The van der Waals surface area contributed by atoms with E-state index in [0.29, 0.717) is 0 Å². The van der Waals surface area contributed by atoms with E-state index in [9.17, 15) is 4.79 Å². The number of rotatable bonds is 2. The Morgan fingerprint density at radius 2 is 2.20 bits per heavy atom. The molecule has 0 saturated carbocycles. The van der Waals surface area contributed by atoms with Crippen LogP contribution in [0.5, 0.6) is 0 Å². The summed E-state index contributed by atoms with van der Waals surface area (Å²) in [6.07, 6.45) is 3.43. The summed E-state index contributed by atoms with van der Waals surface area (Å²) < 4.78 is 4.76. The van der Waals surface area contributed by atoms with Gasteiger partial charge in [-0.25, -0.2) is 0 Å². The molecule has 0 bridgehead atoms. The molecular weight excluding hydrogens is 188 g/mol. The van der Waals surface area contributed by atoms with Crippen LogP contribution < -0.4 is 0 Å². The molecule has 2 rings (SSSR count). The molecule has 1 unspecified atom stereocenters. The highest BCUT2D eigenvalue weighted by molar-refractivity contribution is 5.74. The van der Waals surface area contributed by atoms with Crippen molar-refractivity contribution in [3.8, 4) is 0 Å². The number of hydrogen-bond acceptors (Lipinski definition) is 2. The highest BCUT2D eigenvalue weighted by Crippen LogP contribution is 2.28. The summed E-state index contributed by atoms with van der Waals surface area (Å²) in [6.45, 7) is 3.74. The maximum absolute atomic E-state index is 11.4. The number of fused-ring (bicyclic) bond motifs is 1. The minimum atomic E-state index is -0.105. The molecule has 78 valence electrons. The Balaban J connectivity index is 2.23. The van der Waals surface area contributed by atoms with Gasteiger partial charge in [-0.3, -0.25) is 4.79 Å². The highest BCUT2D eigenvalue weighted by atomic mass is 16.5. The first-order valence-corrected chi connectivity index (χ1v) is 5.06. The van der Waals surface area contributed by atoms with E-state index in [1.165, 1.54) is 18.2 Å². The molecule has 1 atom stereocenters. The Morgan fingerprint density at radius 3 is 2.87 bits per heavy atom. The minimum absolute atomic E-state index is 0.00469. The van der Waals surface area contributed by atoms with Crippen molar-refractivity contribution in [1.29, 1.82) is 0 Å². The van der Waals surface area contributed by atoms with Crippen molar-refractivity contribution in [3.63, 3.8) is 0 Å². The number of carbonyl (C=O) groups excluding carboxylic acids is 1. The molecular formula is C13H14O2. The monoisotopic (exact) mass is 202 g/mol. The maximum Gasteiger partial charge on any atom is 0.309 e. The first-order chi connectivity index (χ1) is 7.24. The number of ether oxygens (including phenoxy) is 1. The standard InChI is InChI=1S/C13H14O2/c1-3-9-4-5-10-7-12(13(14)15-2)8-11(10)6-9/h3-6,12H,1,7-8H2,2H3. The molecule has 1 aromatic carbocycles. The van der Waals surface area contributed by atoms with Gasteiger partial charge in [-0.1, -0.05) is 30.9 Å². The number of esters is 1. The molecule has 15 heavy (non-hydrogen) atoms. The highest BCUT2D eigenvalue weighted by Gasteiger charge is 2.27. The maximum atomic E-state index is 11.4. The predicted molar refractivity (Wildman–Crippen MR) is 59.4 cm³/mol. The minimum Gasteiger partial charge on any atom is -0.469 e. The fourth-order valence-electron chi connectivity index (χ4n) is 2.10. The van der Waals surface area contributed by atoms with Gasteiger partial charge in [0, 0.05) is 0 Å². The average molecular weight is 202 g/mol. The van der Waals surface area contributed by atoms with Crippen LogP contribution in [0.2, 0.25) is 0 Å². The summed E-state index contributed by atoms with van der Waals surface area (Å²) in [4.78, 5) is 11.4. The molecule has 2 heteroatoms. The van der Waals surface area contributed by atoms with Crippen LogP contribution in [0.4, 0.5) is 0 Å². The third-order valence-electron chi connectivity index (χ3n) is 2.93. The Labute approximate surface area is 89.6 Å². The summed E-state index contributed by atoms with van der Waals surface area (Å²) in [5.74, 6) is -0.101. The van der Waals surface area contributed by atoms with Crippen LogP contribution in [0, 0.1) is 5.92 Å². The van der Waals surface area contributed by atoms with Gasteiger partial charge in [-0.05, 0) is 29.5 Å².